The van der Waals surface area contributed by atoms with E-state index < -0.39 is 0 Å². The van der Waals surface area contributed by atoms with Crippen molar-refractivity contribution < 1.29 is 4.39 Å². The molecule has 2 heteroatoms. The van der Waals surface area contributed by atoms with Crippen molar-refractivity contribution in [3.05, 3.63) is 71.5 Å². The summed E-state index contributed by atoms with van der Waals surface area (Å²) in [5, 5.41) is 0. The van der Waals surface area contributed by atoms with Crippen LogP contribution in [0.2, 0.25) is 0 Å². The molecule has 3 unspecified atom stereocenters. The van der Waals surface area contributed by atoms with Crippen molar-refractivity contribution in [3.63, 3.8) is 0 Å². The van der Waals surface area contributed by atoms with Gasteiger partial charge in [-0.15, -0.1) is 0 Å². The molecule has 0 N–H and O–H groups in total. The van der Waals surface area contributed by atoms with Gasteiger partial charge in [0, 0.05) is 19.6 Å². The van der Waals surface area contributed by atoms with E-state index in [1.54, 1.807) is 12.1 Å². The lowest BCUT2D eigenvalue weighted by molar-refractivity contribution is 0.191. The van der Waals surface area contributed by atoms with Gasteiger partial charge in [-0.1, -0.05) is 42.5 Å². The third kappa shape index (κ3) is 2.68. The van der Waals surface area contributed by atoms with Gasteiger partial charge in [0.1, 0.15) is 5.82 Å². The van der Waals surface area contributed by atoms with Gasteiger partial charge in [0.05, 0.1) is 0 Å². The minimum Gasteiger partial charge on any atom is -0.302 e. The summed E-state index contributed by atoms with van der Waals surface area (Å²) in [5.41, 5.74) is 2.75. The molecule has 4 rings (SSSR count). The highest BCUT2D eigenvalue weighted by Crippen LogP contribution is 2.51. The molecule has 22 heavy (non-hydrogen) atoms. The Morgan fingerprint density at radius 1 is 0.955 bits per heavy atom. The van der Waals surface area contributed by atoms with Crippen LogP contribution >= 0.6 is 0 Å². The summed E-state index contributed by atoms with van der Waals surface area (Å²) in [6, 6.07) is 17.9. The van der Waals surface area contributed by atoms with E-state index in [0.29, 0.717) is 5.92 Å². The highest BCUT2D eigenvalue weighted by molar-refractivity contribution is 5.25. The number of rotatable bonds is 4. The average Bonchev–Trinajstić information content (AvgIpc) is 2.85. The molecule has 114 valence electrons. The predicted molar refractivity (Wildman–Crippen MR) is 87.3 cm³/mol. The number of benzene rings is 2. The number of fused-ring (bicyclic) bond motifs is 1. The Bertz CT molecular complexity index is 622. The number of likely N-dealkylation sites (tertiary alicyclic amines) is 1. The predicted octanol–water partition coefficient (Wildman–Crippen LogP) is 4.10. The number of halogens is 1. The summed E-state index contributed by atoms with van der Waals surface area (Å²) in [6.45, 7) is 3.61. The van der Waals surface area contributed by atoms with Crippen LogP contribution < -0.4 is 0 Å². The minimum atomic E-state index is -0.129. The highest BCUT2D eigenvalue weighted by atomic mass is 19.1. The molecular weight excluding hydrogens is 273 g/mol. The van der Waals surface area contributed by atoms with E-state index in [9.17, 15) is 4.39 Å². The van der Waals surface area contributed by atoms with E-state index in [0.717, 1.165) is 24.8 Å². The lowest BCUT2D eigenvalue weighted by atomic mass is 9.64. The summed E-state index contributed by atoms with van der Waals surface area (Å²) < 4.78 is 13.1. The first kappa shape index (κ1) is 14.0. The topological polar surface area (TPSA) is 3.24 Å². The molecule has 0 bridgehead atoms. The zero-order valence-electron chi connectivity index (χ0n) is 12.8. The molecule has 1 aliphatic heterocycles. The molecule has 0 aromatic heterocycles. The maximum absolute atomic E-state index is 13.1. The first-order chi connectivity index (χ1) is 10.8. The van der Waals surface area contributed by atoms with Crippen LogP contribution in [0.4, 0.5) is 4.39 Å². The molecule has 0 spiro atoms. The van der Waals surface area contributed by atoms with Crippen molar-refractivity contribution in [3.8, 4) is 0 Å². The smallest absolute Gasteiger partial charge is 0.123 e. The van der Waals surface area contributed by atoms with Crippen molar-refractivity contribution in [1.82, 2.24) is 4.90 Å². The molecule has 1 nitrogen and oxygen atoms in total. The molecule has 2 aromatic rings. The van der Waals surface area contributed by atoms with Gasteiger partial charge in [-0.2, -0.15) is 0 Å². The molecule has 2 aromatic carbocycles. The minimum absolute atomic E-state index is 0.129. The van der Waals surface area contributed by atoms with Crippen LogP contribution in [-0.4, -0.2) is 24.5 Å². The third-order valence-electron chi connectivity index (χ3n) is 5.50. The molecule has 0 radical (unpaired) electrons. The van der Waals surface area contributed by atoms with Crippen LogP contribution in [-0.2, 0) is 6.42 Å². The molecule has 1 saturated heterocycles. The van der Waals surface area contributed by atoms with Gasteiger partial charge in [-0.25, -0.2) is 4.39 Å². The Morgan fingerprint density at radius 2 is 1.73 bits per heavy atom. The second-order valence-electron chi connectivity index (χ2n) is 6.81. The lowest BCUT2D eigenvalue weighted by Crippen LogP contribution is -2.33. The second kappa shape index (κ2) is 5.85. The van der Waals surface area contributed by atoms with Gasteiger partial charge in [0.2, 0.25) is 0 Å². The molecule has 2 fully saturated rings. The van der Waals surface area contributed by atoms with Crippen LogP contribution in [0.5, 0.6) is 0 Å². The fourth-order valence-corrected chi connectivity index (χ4v) is 4.21. The Labute approximate surface area is 131 Å². The van der Waals surface area contributed by atoms with Crippen LogP contribution in [0.25, 0.3) is 0 Å². The number of hydrogen-bond donors (Lipinski definition) is 0. The summed E-state index contributed by atoms with van der Waals surface area (Å²) in [5.74, 6) is 2.15. The Balaban J connectivity index is 1.34. The van der Waals surface area contributed by atoms with Crippen molar-refractivity contribution >= 4 is 0 Å². The standard InChI is InChI=1S/C20H22FN/c21-18-8-6-16(7-9-18)19-12-17-13-22(14-20(17)19)11-10-15-4-2-1-3-5-15/h1-9,17,19-20H,10-14H2. The first-order valence-electron chi connectivity index (χ1n) is 8.31. The molecule has 1 aliphatic carbocycles. The van der Waals surface area contributed by atoms with Crippen LogP contribution in [0.15, 0.2) is 54.6 Å². The number of nitrogens with zero attached hydrogens (tertiary/aromatic N) is 1. The van der Waals surface area contributed by atoms with Crippen molar-refractivity contribution in [2.75, 3.05) is 19.6 Å². The first-order valence-corrected chi connectivity index (χ1v) is 8.31. The summed E-state index contributed by atoms with van der Waals surface area (Å²) in [4.78, 5) is 2.62. The van der Waals surface area contributed by atoms with Crippen molar-refractivity contribution in [2.24, 2.45) is 11.8 Å². The van der Waals surface area contributed by atoms with Gasteiger partial charge in [0.25, 0.3) is 0 Å². The molecule has 3 atom stereocenters. The zero-order valence-corrected chi connectivity index (χ0v) is 12.8. The van der Waals surface area contributed by atoms with E-state index in [4.69, 9.17) is 0 Å². The van der Waals surface area contributed by atoms with E-state index in [1.165, 1.54) is 30.6 Å². The fraction of sp³-hybridized carbons (Fsp3) is 0.400. The van der Waals surface area contributed by atoms with Gasteiger partial charge >= 0.3 is 0 Å². The van der Waals surface area contributed by atoms with E-state index in [2.05, 4.69) is 35.2 Å². The lowest BCUT2D eigenvalue weighted by Gasteiger charge is -2.40. The van der Waals surface area contributed by atoms with Gasteiger partial charge in [-0.3, -0.25) is 0 Å². The maximum Gasteiger partial charge on any atom is 0.123 e. The Kier molecular flexibility index (Phi) is 3.71. The Morgan fingerprint density at radius 3 is 2.50 bits per heavy atom. The summed E-state index contributed by atoms with van der Waals surface area (Å²) in [6.07, 6.45) is 2.42. The van der Waals surface area contributed by atoms with Gasteiger partial charge in [-0.05, 0) is 53.9 Å². The molecular formula is C20H22FN. The molecule has 1 saturated carbocycles. The third-order valence-corrected chi connectivity index (χ3v) is 5.50. The van der Waals surface area contributed by atoms with E-state index in [1.807, 2.05) is 12.1 Å². The summed E-state index contributed by atoms with van der Waals surface area (Å²) in [7, 11) is 0. The average molecular weight is 295 g/mol. The van der Waals surface area contributed by atoms with Crippen LogP contribution in [0.3, 0.4) is 0 Å². The molecule has 2 aliphatic rings. The largest absolute Gasteiger partial charge is 0.302 e. The monoisotopic (exact) mass is 295 g/mol. The van der Waals surface area contributed by atoms with E-state index in [-0.39, 0.29) is 5.82 Å². The highest BCUT2D eigenvalue weighted by Gasteiger charge is 2.47. The van der Waals surface area contributed by atoms with Crippen molar-refractivity contribution in [1.29, 1.82) is 0 Å². The maximum atomic E-state index is 13.1. The van der Waals surface area contributed by atoms with Gasteiger partial charge < -0.3 is 4.90 Å². The Hall–Kier alpha value is -1.67. The van der Waals surface area contributed by atoms with Crippen molar-refractivity contribution in [2.45, 2.75) is 18.8 Å². The number of hydrogen-bond acceptors (Lipinski definition) is 1. The second-order valence-corrected chi connectivity index (χ2v) is 6.81. The van der Waals surface area contributed by atoms with Gasteiger partial charge in [0.15, 0.2) is 0 Å². The zero-order chi connectivity index (χ0) is 14.9. The SMILES string of the molecule is Fc1ccc(C2CC3CN(CCc4ccccc4)CC32)cc1. The normalized spacial score (nSPS) is 27.4. The molecule has 0 amide bonds. The fourth-order valence-electron chi connectivity index (χ4n) is 4.21. The van der Waals surface area contributed by atoms with Crippen LogP contribution in [0.1, 0.15) is 23.5 Å². The summed E-state index contributed by atoms with van der Waals surface area (Å²) >= 11 is 0. The quantitative estimate of drug-likeness (QED) is 0.820. The molecule has 1 heterocycles. The van der Waals surface area contributed by atoms with Crippen LogP contribution in [0, 0.1) is 17.7 Å². The van der Waals surface area contributed by atoms with E-state index >= 15 is 0 Å².